The summed E-state index contributed by atoms with van der Waals surface area (Å²) in [4.78, 5) is 0. The number of hydrogen-bond donors (Lipinski definition) is 1. The van der Waals surface area contributed by atoms with Gasteiger partial charge in [0, 0.05) is 5.02 Å². The standard InChI is InChI=1S/C20H13ClF2N4O/c1-10-17-18(11-5-6-15(22)16(23)7-11)14(9-24)19(25)28-20(17)27(26-10)13-4-2-3-12(21)8-13/h2-8,18H,25H2,1H3/t18-/m1/s1. The molecule has 1 aliphatic rings. The molecule has 4 rings (SSSR count). The highest BCUT2D eigenvalue weighted by Gasteiger charge is 2.36. The Morgan fingerprint density at radius 3 is 2.68 bits per heavy atom. The average Bonchev–Trinajstić information content (AvgIpc) is 2.99. The number of nitriles is 1. The molecule has 2 aromatic carbocycles. The number of nitrogens with zero attached hydrogens (tertiary/aromatic N) is 3. The summed E-state index contributed by atoms with van der Waals surface area (Å²) in [6, 6.07) is 12.5. The SMILES string of the molecule is Cc1nn(-c2cccc(Cl)c2)c2c1[C@H](c1ccc(F)c(F)c1)C(C#N)=C(N)O2. The minimum Gasteiger partial charge on any atom is -0.422 e. The van der Waals surface area contributed by atoms with Crippen LogP contribution in [0.15, 0.2) is 53.9 Å². The van der Waals surface area contributed by atoms with Crippen LogP contribution in [0.5, 0.6) is 5.88 Å². The molecule has 28 heavy (non-hydrogen) atoms. The van der Waals surface area contributed by atoms with Gasteiger partial charge in [-0.2, -0.15) is 10.4 Å². The number of rotatable bonds is 2. The minimum absolute atomic E-state index is 0.104. The fourth-order valence-electron chi connectivity index (χ4n) is 3.32. The Bertz CT molecular complexity index is 1180. The molecule has 2 heterocycles. The normalized spacial score (nSPS) is 15.8. The van der Waals surface area contributed by atoms with Gasteiger partial charge < -0.3 is 10.5 Å². The first-order chi connectivity index (χ1) is 13.4. The molecule has 0 bridgehead atoms. The van der Waals surface area contributed by atoms with Gasteiger partial charge in [0.15, 0.2) is 11.6 Å². The van der Waals surface area contributed by atoms with Crippen molar-refractivity contribution in [3.8, 4) is 17.6 Å². The third kappa shape index (κ3) is 2.79. The van der Waals surface area contributed by atoms with E-state index in [4.69, 9.17) is 22.1 Å². The van der Waals surface area contributed by atoms with E-state index < -0.39 is 17.6 Å². The van der Waals surface area contributed by atoms with Crippen LogP contribution >= 0.6 is 11.6 Å². The second-order valence-electron chi connectivity index (χ2n) is 6.29. The summed E-state index contributed by atoms with van der Waals surface area (Å²) in [5.74, 6) is -2.55. The lowest BCUT2D eigenvalue weighted by atomic mass is 9.84. The summed E-state index contributed by atoms with van der Waals surface area (Å²) in [6.07, 6.45) is 0. The Morgan fingerprint density at radius 1 is 1.21 bits per heavy atom. The summed E-state index contributed by atoms with van der Waals surface area (Å²) in [5.41, 5.74) is 8.21. The summed E-state index contributed by atoms with van der Waals surface area (Å²) in [5, 5.41) is 14.6. The van der Waals surface area contributed by atoms with Crippen LogP contribution in [0, 0.1) is 29.9 Å². The number of aryl methyl sites for hydroxylation is 1. The predicted octanol–water partition coefficient (Wildman–Crippen LogP) is 4.33. The summed E-state index contributed by atoms with van der Waals surface area (Å²) < 4.78 is 34.5. The molecule has 0 unspecified atom stereocenters. The van der Waals surface area contributed by atoms with Gasteiger partial charge in [0.05, 0.1) is 22.9 Å². The third-order valence-electron chi connectivity index (χ3n) is 4.56. The van der Waals surface area contributed by atoms with Gasteiger partial charge in [-0.25, -0.2) is 13.5 Å². The van der Waals surface area contributed by atoms with Gasteiger partial charge >= 0.3 is 0 Å². The average molecular weight is 399 g/mol. The second-order valence-corrected chi connectivity index (χ2v) is 6.73. The molecule has 140 valence electrons. The van der Waals surface area contributed by atoms with Gasteiger partial charge in [-0.05, 0) is 42.8 Å². The molecular weight excluding hydrogens is 386 g/mol. The lowest BCUT2D eigenvalue weighted by Crippen LogP contribution is -2.22. The zero-order chi connectivity index (χ0) is 20.0. The van der Waals surface area contributed by atoms with Crippen molar-refractivity contribution in [2.75, 3.05) is 0 Å². The predicted molar refractivity (Wildman–Crippen MR) is 99.0 cm³/mol. The summed E-state index contributed by atoms with van der Waals surface area (Å²) in [7, 11) is 0. The van der Waals surface area contributed by atoms with Crippen LogP contribution in [0.1, 0.15) is 22.7 Å². The highest BCUT2D eigenvalue weighted by Crippen LogP contribution is 2.44. The van der Waals surface area contributed by atoms with Crippen LogP contribution < -0.4 is 10.5 Å². The zero-order valence-electron chi connectivity index (χ0n) is 14.6. The first kappa shape index (κ1) is 18.0. The molecule has 2 N–H and O–H groups in total. The molecule has 8 heteroatoms. The molecule has 0 radical (unpaired) electrons. The van der Waals surface area contributed by atoms with Crippen LogP contribution in [0.4, 0.5) is 8.78 Å². The van der Waals surface area contributed by atoms with Crippen molar-refractivity contribution in [2.24, 2.45) is 5.73 Å². The molecular formula is C20H13ClF2N4O. The topological polar surface area (TPSA) is 76.9 Å². The molecule has 0 saturated carbocycles. The van der Waals surface area contributed by atoms with Crippen LogP contribution in [0.25, 0.3) is 5.69 Å². The van der Waals surface area contributed by atoms with Gasteiger partial charge in [0.25, 0.3) is 0 Å². The van der Waals surface area contributed by atoms with Crippen molar-refractivity contribution < 1.29 is 13.5 Å². The second kappa shape index (κ2) is 6.66. The van der Waals surface area contributed by atoms with Gasteiger partial charge in [0.2, 0.25) is 11.8 Å². The number of hydrogen-bond acceptors (Lipinski definition) is 4. The van der Waals surface area contributed by atoms with Crippen molar-refractivity contribution >= 4 is 11.6 Å². The zero-order valence-corrected chi connectivity index (χ0v) is 15.3. The number of nitrogens with two attached hydrogens (primary N) is 1. The molecule has 0 aliphatic carbocycles. The van der Waals surface area contributed by atoms with Crippen LogP contribution in [-0.2, 0) is 0 Å². The first-order valence-electron chi connectivity index (χ1n) is 8.28. The highest BCUT2D eigenvalue weighted by atomic mass is 35.5. The van der Waals surface area contributed by atoms with E-state index in [0.717, 1.165) is 12.1 Å². The van der Waals surface area contributed by atoms with Crippen molar-refractivity contribution in [1.29, 1.82) is 5.26 Å². The van der Waals surface area contributed by atoms with Crippen LogP contribution in [-0.4, -0.2) is 9.78 Å². The molecule has 0 saturated heterocycles. The Balaban J connectivity index is 1.96. The van der Waals surface area contributed by atoms with E-state index >= 15 is 0 Å². The van der Waals surface area contributed by atoms with E-state index in [1.807, 2.05) is 6.07 Å². The summed E-state index contributed by atoms with van der Waals surface area (Å²) in [6.45, 7) is 1.74. The Labute approximate surface area is 164 Å². The van der Waals surface area contributed by atoms with Crippen LogP contribution in [0.3, 0.4) is 0 Å². The quantitative estimate of drug-likeness (QED) is 0.697. The maximum Gasteiger partial charge on any atom is 0.229 e. The molecule has 1 aromatic heterocycles. The molecule has 1 atom stereocenters. The molecule has 0 fully saturated rings. The number of halogens is 3. The van der Waals surface area contributed by atoms with Gasteiger partial charge in [0.1, 0.15) is 11.6 Å². The maximum atomic E-state index is 13.9. The maximum absolute atomic E-state index is 13.9. The lowest BCUT2D eigenvalue weighted by Gasteiger charge is -2.25. The van der Waals surface area contributed by atoms with Crippen molar-refractivity contribution in [2.45, 2.75) is 12.8 Å². The lowest BCUT2D eigenvalue weighted by molar-refractivity contribution is 0.367. The number of ether oxygens (including phenoxy) is 1. The van der Waals surface area contributed by atoms with Crippen molar-refractivity contribution in [3.63, 3.8) is 0 Å². The fraction of sp³-hybridized carbons (Fsp3) is 0.100. The Kier molecular flexibility index (Phi) is 4.28. The number of aromatic nitrogens is 2. The van der Waals surface area contributed by atoms with E-state index in [1.54, 1.807) is 31.2 Å². The van der Waals surface area contributed by atoms with Gasteiger partial charge in [-0.1, -0.05) is 23.7 Å². The van der Waals surface area contributed by atoms with Crippen LogP contribution in [0.2, 0.25) is 5.02 Å². The largest absolute Gasteiger partial charge is 0.422 e. The third-order valence-corrected chi connectivity index (χ3v) is 4.80. The first-order valence-corrected chi connectivity index (χ1v) is 8.66. The molecule has 3 aromatic rings. The number of allylic oxidation sites excluding steroid dienone is 1. The minimum atomic E-state index is -1.01. The van der Waals surface area contributed by atoms with E-state index in [9.17, 15) is 14.0 Å². The molecule has 0 amide bonds. The molecule has 5 nitrogen and oxygen atoms in total. The van der Waals surface area contributed by atoms with E-state index in [-0.39, 0.29) is 11.5 Å². The molecule has 0 spiro atoms. The Morgan fingerprint density at radius 2 is 2.00 bits per heavy atom. The highest BCUT2D eigenvalue weighted by molar-refractivity contribution is 6.30. The Hall–Kier alpha value is -3.37. The number of fused-ring (bicyclic) bond motifs is 1. The van der Waals surface area contributed by atoms with E-state index in [2.05, 4.69) is 5.10 Å². The van der Waals surface area contributed by atoms with Gasteiger partial charge in [-0.15, -0.1) is 0 Å². The van der Waals surface area contributed by atoms with Gasteiger partial charge in [-0.3, -0.25) is 0 Å². The van der Waals surface area contributed by atoms with E-state index in [0.29, 0.717) is 33.4 Å². The van der Waals surface area contributed by atoms with Crippen molar-refractivity contribution in [3.05, 3.63) is 87.4 Å². The van der Waals surface area contributed by atoms with E-state index in [1.165, 1.54) is 10.7 Å². The number of benzene rings is 2. The smallest absolute Gasteiger partial charge is 0.229 e. The monoisotopic (exact) mass is 398 g/mol. The fourth-order valence-corrected chi connectivity index (χ4v) is 3.51. The summed E-state index contributed by atoms with van der Waals surface area (Å²) >= 11 is 6.08. The molecule has 1 aliphatic heterocycles. The van der Waals surface area contributed by atoms with Crippen molar-refractivity contribution in [1.82, 2.24) is 9.78 Å².